The molecule has 27 heavy (non-hydrogen) atoms. The van der Waals surface area contributed by atoms with Crippen LogP contribution in [0.3, 0.4) is 0 Å². The lowest BCUT2D eigenvalue weighted by Gasteiger charge is -2.26. The number of benzene rings is 1. The summed E-state index contributed by atoms with van der Waals surface area (Å²) in [6, 6.07) is 5.48. The fourth-order valence-corrected chi connectivity index (χ4v) is 3.55. The zero-order valence-electron chi connectivity index (χ0n) is 15.1. The van der Waals surface area contributed by atoms with Crippen molar-refractivity contribution in [2.24, 2.45) is 0 Å². The third-order valence-electron chi connectivity index (χ3n) is 3.96. The molecule has 0 radical (unpaired) electrons. The van der Waals surface area contributed by atoms with Crippen LogP contribution in [0.25, 0.3) is 0 Å². The molecule has 1 heterocycles. The average molecular weight is 397 g/mol. The van der Waals surface area contributed by atoms with Gasteiger partial charge in [-0.1, -0.05) is 0 Å². The number of nitrogens with zero attached hydrogens (tertiary/aromatic N) is 1. The highest BCUT2D eigenvalue weighted by Gasteiger charge is 2.19. The molecular formula is C17H23N3O6S. The number of amides is 2. The van der Waals surface area contributed by atoms with Crippen molar-refractivity contribution in [2.75, 3.05) is 31.6 Å². The average Bonchev–Trinajstić information content (AvgIpc) is 2.65. The van der Waals surface area contributed by atoms with Crippen LogP contribution in [0.1, 0.15) is 26.2 Å². The molecule has 2 amide bonds. The fourth-order valence-electron chi connectivity index (χ4n) is 2.59. The second kappa shape index (κ2) is 9.47. The van der Waals surface area contributed by atoms with Gasteiger partial charge in [0.15, 0.2) is 6.61 Å². The normalized spacial score (nSPS) is 14.5. The molecule has 1 aromatic rings. The molecule has 0 aliphatic carbocycles. The maximum atomic E-state index is 12.2. The van der Waals surface area contributed by atoms with Crippen LogP contribution in [0, 0.1) is 0 Å². The summed E-state index contributed by atoms with van der Waals surface area (Å²) in [5.41, 5.74) is 0.456. The van der Waals surface area contributed by atoms with Crippen LogP contribution >= 0.6 is 0 Å². The standard InChI is InChI=1S/C17H23N3O6S/c1-13(21)19-14-5-7-15(8-6-14)27(24,25)18-11-17(23)26-12-16(22)20-9-3-2-4-10-20/h5-8,18H,2-4,9-12H2,1H3,(H,19,21). The Balaban J connectivity index is 1.80. The molecule has 9 nitrogen and oxygen atoms in total. The monoisotopic (exact) mass is 397 g/mol. The number of esters is 1. The number of anilines is 1. The van der Waals surface area contributed by atoms with E-state index in [1.54, 1.807) is 4.90 Å². The number of hydrogen-bond acceptors (Lipinski definition) is 6. The van der Waals surface area contributed by atoms with E-state index in [1.807, 2.05) is 0 Å². The van der Waals surface area contributed by atoms with Crippen molar-refractivity contribution in [2.45, 2.75) is 31.1 Å². The van der Waals surface area contributed by atoms with Gasteiger partial charge in [0.1, 0.15) is 6.54 Å². The first-order chi connectivity index (χ1) is 12.8. The topological polar surface area (TPSA) is 122 Å². The molecule has 1 aromatic carbocycles. The molecule has 0 saturated carbocycles. The fraction of sp³-hybridized carbons (Fsp3) is 0.471. The minimum atomic E-state index is -3.92. The number of piperidine rings is 1. The van der Waals surface area contributed by atoms with E-state index in [-0.39, 0.29) is 16.7 Å². The van der Waals surface area contributed by atoms with E-state index in [9.17, 15) is 22.8 Å². The zero-order chi connectivity index (χ0) is 19.9. The van der Waals surface area contributed by atoms with E-state index >= 15 is 0 Å². The maximum absolute atomic E-state index is 12.2. The summed E-state index contributed by atoms with van der Waals surface area (Å²) in [4.78, 5) is 36.2. The Bertz CT molecular complexity index is 785. The van der Waals surface area contributed by atoms with Crippen molar-refractivity contribution in [3.05, 3.63) is 24.3 Å². The van der Waals surface area contributed by atoms with Crippen LogP contribution < -0.4 is 10.0 Å². The number of nitrogens with one attached hydrogen (secondary N) is 2. The summed E-state index contributed by atoms with van der Waals surface area (Å²) in [6.07, 6.45) is 2.94. The van der Waals surface area contributed by atoms with Crippen molar-refractivity contribution in [1.82, 2.24) is 9.62 Å². The van der Waals surface area contributed by atoms with Crippen LogP contribution in [0.2, 0.25) is 0 Å². The molecule has 1 aliphatic heterocycles. The van der Waals surface area contributed by atoms with E-state index in [4.69, 9.17) is 4.74 Å². The van der Waals surface area contributed by atoms with Crippen molar-refractivity contribution in [1.29, 1.82) is 0 Å². The lowest BCUT2D eigenvalue weighted by atomic mass is 10.1. The number of carbonyl (C=O) groups is 3. The van der Waals surface area contributed by atoms with E-state index in [0.717, 1.165) is 19.3 Å². The van der Waals surface area contributed by atoms with Gasteiger partial charge in [-0.05, 0) is 43.5 Å². The highest BCUT2D eigenvalue weighted by Crippen LogP contribution is 2.14. The quantitative estimate of drug-likeness (QED) is 0.646. The largest absolute Gasteiger partial charge is 0.455 e. The molecule has 0 spiro atoms. The van der Waals surface area contributed by atoms with Gasteiger partial charge in [0.25, 0.3) is 5.91 Å². The molecule has 1 aliphatic rings. The van der Waals surface area contributed by atoms with Crippen molar-refractivity contribution in [3.8, 4) is 0 Å². The summed E-state index contributed by atoms with van der Waals surface area (Å²) < 4.78 is 31.3. The van der Waals surface area contributed by atoms with Crippen LogP contribution in [0.4, 0.5) is 5.69 Å². The highest BCUT2D eigenvalue weighted by atomic mass is 32.2. The minimum absolute atomic E-state index is 0.0613. The van der Waals surface area contributed by atoms with Gasteiger partial charge in [0.05, 0.1) is 4.90 Å². The predicted octanol–water partition coefficient (Wildman–Crippen LogP) is 0.479. The van der Waals surface area contributed by atoms with Crippen LogP contribution in [-0.4, -0.2) is 57.3 Å². The SMILES string of the molecule is CC(=O)Nc1ccc(S(=O)(=O)NCC(=O)OCC(=O)N2CCCCC2)cc1. The van der Waals surface area contributed by atoms with Gasteiger partial charge in [-0.15, -0.1) is 0 Å². The van der Waals surface area contributed by atoms with E-state index in [2.05, 4.69) is 10.0 Å². The molecule has 1 saturated heterocycles. The molecule has 0 atom stereocenters. The first kappa shape index (κ1) is 20.8. The van der Waals surface area contributed by atoms with Crippen molar-refractivity contribution < 1.29 is 27.5 Å². The van der Waals surface area contributed by atoms with Gasteiger partial charge in [-0.3, -0.25) is 14.4 Å². The molecule has 0 unspecified atom stereocenters. The smallest absolute Gasteiger partial charge is 0.321 e. The second-order valence-electron chi connectivity index (χ2n) is 6.13. The Hall–Kier alpha value is -2.46. The van der Waals surface area contributed by atoms with Crippen molar-refractivity contribution >= 4 is 33.5 Å². The Morgan fingerprint density at radius 2 is 1.70 bits per heavy atom. The molecule has 0 bridgehead atoms. The van der Waals surface area contributed by atoms with Crippen molar-refractivity contribution in [3.63, 3.8) is 0 Å². The summed E-state index contributed by atoms with van der Waals surface area (Å²) in [6.45, 7) is 1.66. The molecule has 148 valence electrons. The minimum Gasteiger partial charge on any atom is -0.455 e. The van der Waals surface area contributed by atoms with E-state index < -0.39 is 29.1 Å². The van der Waals surface area contributed by atoms with Crippen LogP contribution in [0.5, 0.6) is 0 Å². The maximum Gasteiger partial charge on any atom is 0.321 e. The number of rotatable bonds is 7. The summed E-state index contributed by atoms with van der Waals surface area (Å²) >= 11 is 0. The highest BCUT2D eigenvalue weighted by molar-refractivity contribution is 7.89. The summed E-state index contributed by atoms with van der Waals surface area (Å²) in [5, 5.41) is 2.52. The Morgan fingerprint density at radius 1 is 1.07 bits per heavy atom. The molecule has 10 heteroatoms. The molecule has 0 aromatic heterocycles. The van der Waals surface area contributed by atoms with E-state index in [0.29, 0.717) is 18.8 Å². The number of sulfonamides is 1. The van der Waals surface area contributed by atoms with Crippen LogP contribution in [0.15, 0.2) is 29.2 Å². The Labute approximate surface area is 158 Å². The third kappa shape index (κ3) is 6.65. The number of hydrogen-bond donors (Lipinski definition) is 2. The second-order valence-corrected chi connectivity index (χ2v) is 7.90. The number of ether oxygens (including phenoxy) is 1. The Morgan fingerprint density at radius 3 is 2.30 bits per heavy atom. The predicted molar refractivity (Wildman–Crippen MR) is 97.3 cm³/mol. The van der Waals surface area contributed by atoms with Gasteiger partial charge >= 0.3 is 5.97 Å². The Kier molecular flexibility index (Phi) is 7.31. The molecule has 1 fully saturated rings. The van der Waals surface area contributed by atoms with Gasteiger partial charge in [-0.2, -0.15) is 4.72 Å². The lowest BCUT2D eigenvalue weighted by molar-refractivity contribution is -0.151. The zero-order valence-corrected chi connectivity index (χ0v) is 15.9. The van der Waals surface area contributed by atoms with Gasteiger partial charge < -0.3 is 15.0 Å². The molecular weight excluding hydrogens is 374 g/mol. The molecule has 2 N–H and O–H groups in total. The molecule has 2 rings (SSSR count). The third-order valence-corrected chi connectivity index (χ3v) is 5.37. The first-order valence-electron chi connectivity index (χ1n) is 8.58. The summed E-state index contributed by atoms with van der Waals surface area (Å²) in [7, 11) is -3.92. The summed E-state index contributed by atoms with van der Waals surface area (Å²) in [5.74, 6) is -1.39. The number of carbonyl (C=O) groups excluding carboxylic acids is 3. The van der Waals surface area contributed by atoms with Gasteiger partial charge in [0, 0.05) is 25.7 Å². The first-order valence-corrected chi connectivity index (χ1v) is 10.1. The van der Waals surface area contributed by atoms with Gasteiger partial charge in [0.2, 0.25) is 15.9 Å². The lowest BCUT2D eigenvalue weighted by Crippen LogP contribution is -2.39. The number of likely N-dealkylation sites (tertiary alicyclic amines) is 1. The van der Waals surface area contributed by atoms with Crippen LogP contribution in [-0.2, 0) is 29.1 Å². The van der Waals surface area contributed by atoms with E-state index in [1.165, 1.54) is 31.2 Å². The van der Waals surface area contributed by atoms with Gasteiger partial charge in [-0.25, -0.2) is 8.42 Å².